The largest absolute Gasteiger partial charge is 0.365 e. The van der Waals surface area contributed by atoms with E-state index in [1.165, 1.54) is 4.90 Å². The van der Waals surface area contributed by atoms with Crippen LogP contribution in [0.15, 0.2) is 12.1 Å². The minimum absolute atomic E-state index is 0.199. The topological polar surface area (TPSA) is 98.0 Å². The predicted octanol–water partition coefficient (Wildman–Crippen LogP) is 2.06. The molecule has 28 heavy (non-hydrogen) atoms. The average molecular weight is 379 g/mol. The smallest absolute Gasteiger partial charge is 0.291 e. The van der Waals surface area contributed by atoms with Crippen molar-refractivity contribution in [3.8, 4) is 6.07 Å². The number of hydrogen-bond acceptors (Lipinski definition) is 7. The molecule has 146 valence electrons. The van der Waals surface area contributed by atoms with Crippen LogP contribution in [0, 0.1) is 32.1 Å². The number of nitrogens with one attached hydrogen (secondary N) is 1. The van der Waals surface area contributed by atoms with Gasteiger partial charge in [0.25, 0.3) is 5.91 Å². The van der Waals surface area contributed by atoms with Crippen LogP contribution >= 0.6 is 0 Å². The highest BCUT2D eigenvalue weighted by Gasteiger charge is 2.27. The van der Waals surface area contributed by atoms with Gasteiger partial charge in [0.2, 0.25) is 5.82 Å². The SMILES string of the molecule is Cc1nc(N[C@@H]2CCN(c3nc(C(=O)N(C)C)nc(C)c3C)C2)ccc1C#N. The van der Waals surface area contributed by atoms with Crippen LogP contribution in [0.4, 0.5) is 11.6 Å². The van der Waals surface area contributed by atoms with Crippen molar-refractivity contribution in [1.82, 2.24) is 19.9 Å². The Morgan fingerprint density at radius 3 is 2.61 bits per heavy atom. The Balaban J connectivity index is 1.77. The molecule has 0 saturated carbocycles. The fourth-order valence-electron chi connectivity index (χ4n) is 3.26. The zero-order valence-electron chi connectivity index (χ0n) is 16.9. The maximum absolute atomic E-state index is 12.3. The molecule has 0 radical (unpaired) electrons. The highest BCUT2D eigenvalue weighted by Crippen LogP contribution is 2.25. The Labute approximate surface area is 165 Å². The van der Waals surface area contributed by atoms with E-state index in [4.69, 9.17) is 5.26 Å². The Morgan fingerprint density at radius 2 is 1.96 bits per heavy atom. The van der Waals surface area contributed by atoms with Gasteiger partial charge in [-0.25, -0.2) is 15.0 Å². The van der Waals surface area contributed by atoms with Gasteiger partial charge in [0.15, 0.2) is 0 Å². The van der Waals surface area contributed by atoms with E-state index in [0.29, 0.717) is 5.56 Å². The van der Waals surface area contributed by atoms with Crippen LogP contribution in [-0.4, -0.2) is 59.0 Å². The van der Waals surface area contributed by atoms with Crippen molar-refractivity contribution in [3.05, 3.63) is 40.5 Å². The molecule has 1 saturated heterocycles. The highest BCUT2D eigenvalue weighted by molar-refractivity contribution is 5.90. The van der Waals surface area contributed by atoms with E-state index in [9.17, 15) is 4.79 Å². The van der Waals surface area contributed by atoms with Crippen molar-refractivity contribution in [3.63, 3.8) is 0 Å². The van der Waals surface area contributed by atoms with Gasteiger partial charge in [-0.1, -0.05) is 0 Å². The number of anilines is 2. The summed E-state index contributed by atoms with van der Waals surface area (Å²) in [7, 11) is 3.39. The van der Waals surface area contributed by atoms with Crippen molar-refractivity contribution < 1.29 is 4.79 Å². The second-order valence-corrected chi connectivity index (χ2v) is 7.30. The quantitative estimate of drug-likeness (QED) is 0.868. The number of aryl methyl sites for hydroxylation is 2. The van der Waals surface area contributed by atoms with Crippen molar-refractivity contribution in [2.24, 2.45) is 0 Å². The lowest BCUT2D eigenvalue weighted by Gasteiger charge is -2.22. The number of pyridine rings is 1. The summed E-state index contributed by atoms with van der Waals surface area (Å²) in [5.41, 5.74) is 3.11. The van der Waals surface area contributed by atoms with Crippen LogP contribution in [0.2, 0.25) is 0 Å². The third-order valence-corrected chi connectivity index (χ3v) is 5.01. The Kier molecular flexibility index (Phi) is 5.45. The molecule has 1 aliphatic heterocycles. The zero-order chi connectivity index (χ0) is 20.4. The number of nitrogens with zero attached hydrogens (tertiary/aromatic N) is 6. The molecule has 1 fully saturated rings. The maximum atomic E-state index is 12.3. The summed E-state index contributed by atoms with van der Waals surface area (Å²) in [6.07, 6.45) is 0.931. The first-order valence-electron chi connectivity index (χ1n) is 9.26. The second-order valence-electron chi connectivity index (χ2n) is 7.30. The van der Waals surface area contributed by atoms with E-state index in [2.05, 4.69) is 31.2 Å². The molecule has 0 aliphatic carbocycles. The summed E-state index contributed by atoms with van der Waals surface area (Å²) in [5.74, 6) is 1.60. The molecular weight excluding hydrogens is 354 g/mol. The number of carbonyl (C=O) groups excluding carboxylic acids is 1. The molecule has 1 aliphatic rings. The molecule has 0 unspecified atom stereocenters. The van der Waals surface area contributed by atoms with Gasteiger partial charge in [0.05, 0.1) is 11.3 Å². The molecule has 3 heterocycles. The van der Waals surface area contributed by atoms with Crippen molar-refractivity contribution in [2.45, 2.75) is 33.2 Å². The van der Waals surface area contributed by atoms with Gasteiger partial charge in [0.1, 0.15) is 17.7 Å². The van der Waals surface area contributed by atoms with Crippen LogP contribution < -0.4 is 10.2 Å². The van der Waals surface area contributed by atoms with E-state index in [0.717, 1.165) is 48.1 Å². The number of hydrogen-bond donors (Lipinski definition) is 1. The van der Waals surface area contributed by atoms with E-state index < -0.39 is 0 Å². The summed E-state index contributed by atoms with van der Waals surface area (Å²) < 4.78 is 0. The summed E-state index contributed by atoms with van der Waals surface area (Å²) >= 11 is 0. The van der Waals surface area contributed by atoms with E-state index >= 15 is 0 Å². The third-order valence-electron chi connectivity index (χ3n) is 5.01. The number of rotatable bonds is 4. The van der Waals surface area contributed by atoms with Crippen molar-refractivity contribution >= 4 is 17.5 Å². The van der Waals surface area contributed by atoms with Crippen LogP contribution in [0.25, 0.3) is 0 Å². The van der Waals surface area contributed by atoms with Gasteiger partial charge in [-0.2, -0.15) is 5.26 Å². The van der Waals surface area contributed by atoms with E-state index in [-0.39, 0.29) is 17.8 Å². The molecular formula is C20H25N7O. The lowest BCUT2D eigenvalue weighted by molar-refractivity contribution is 0.0815. The average Bonchev–Trinajstić information content (AvgIpc) is 3.11. The van der Waals surface area contributed by atoms with E-state index in [1.807, 2.05) is 26.8 Å². The molecule has 8 nitrogen and oxygen atoms in total. The summed E-state index contributed by atoms with van der Waals surface area (Å²) in [5, 5.41) is 12.5. The third kappa shape index (κ3) is 3.88. The fourth-order valence-corrected chi connectivity index (χ4v) is 3.26. The molecule has 2 aromatic heterocycles. The summed E-state index contributed by atoms with van der Waals surface area (Å²) in [6.45, 7) is 7.32. The standard InChI is InChI=1S/C20H25N7O/c1-12-13(2)23-18(20(28)26(4)5)25-19(12)27-9-8-16(11-27)24-17-7-6-15(10-21)14(3)22-17/h6-7,16H,8-9,11H2,1-5H3,(H,22,24)/t16-/m1/s1. The van der Waals surface area contributed by atoms with Gasteiger partial charge in [0, 0.05) is 44.5 Å². The van der Waals surface area contributed by atoms with Gasteiger partial charge in [-0.05, 0) is 39.3 Å². The number of carbonyl (C=O) groups is 1. The van der Waals surface area contributed by atoms with Crippen LogP contribution in [-0.2, 0) is 0 Å². The van der Waals surface area contributed by atoms with Crippen LogP contribution in [0.1, 0.15) is 39.6 Å². The van der Waals surface area contributed by atoms with Gasteiger partial charge < -0.3 is 15.1 Å². The molecule has 8 heteroatoms. The van der Waals surface area contributed by atoms with Crippen molar-refractivity contribution in [2.75, 3.05) is 37.4 Å². The zero-order valence-corrected chi connectivity index (χ0v) is 16.9. The number of aromatic nitrogens is 3. The molecule has 2 aromatic rings. The number of amides is 1. The molecule has 3 rings (SSSR count). The lowest BCUT2D eigenvalue weighted by Crippen LogP contribution is -2.30. The Morgan fingerprint density at radius 1 is 1.21 bits per heavy atom. The summed E-state index contributed by atoms with van der Waals surface area (Å²) in [4.78, 5) is 29.4. The first kappa shape index (κ1) is 19.5. The van der Waals surface area contributed by atoms with Crippen molar-refractivity contribution in [1.29, 1.82) is 5.26 Å². The number of nitriles is 1. The Hall–Kier alpha value is -3.21. The Bertz CT molecular complexity index is 948. The molecule has 0 aromatic carbocycles. The fraction of sp³-hybridized carbons (Fsp3) is 0.450. The van der Waals surface area contributed by atoms with Gasteiger partial charge in [-0.3, -0.25) is 4.79 Å². The van der Waals surface area contributed by atoms with Gasteiger partial charge >= 0.3 is 0 Å². The molecule has 1 atom stereocenters. The first-order chi connectivity index (χ1) is 13.3. The normalized spacial score (nSPS) is 16.0. The summed E-state index contributed by atoms with van der Waals surface area (Å²) in [6, 6.07) is 5.97. The minimum Gasteiger partial charge on any atom is -0.365 e. The highest BCUT2D eigenvalue weighted by atomic mass is 16.2. The van der Waals surface area contributed by atoms with Crippen LogP contribution in [0.5, 0.6) is 0 Å². The monoisotopic (exact) mass is 379 g/mol. The van der Waals surface area contributed by atoms with E-state index in [1.54, 1.807) is 20.2 Å². The molecule has 0 bridgehead atoms. The maximum Gasteiger partial charge on any atom is 0.291 e. The molecule has 1 amide bonds. The first-order valence-corrected chi connectivity index (χ1v) is 9.26. The predicted molar refractivity (Wildman–Crippen MR) is 107 cm³/mol. The molecule has 0 spiro atoms. The van der Waals surface area contributed by atoms with Gasteiger partial charge in [-0.15, -0.1) is 0 Å². The second kappa shape index (κ2) is 7.80. The lowest BCUT2D eigenvalue weighted by atomic mass is 10.2. The van der Waals surface area contributed by atoms with Crippen LogP contribution in [0.3, 0.4) is 0 Å². The minimum atomic E-state index is -0.199. The molecule has 1 N–H and O–H groups in total.